The monoisotopic (exact) mass is 330 g/mol. The second-order valence-electron chi connectivity index (χ2n) is 4.05. The Morgan fingerprint density at radius 1 is 1.57 bits per heavy atom. The average molecular weight is 330 g/mol. The number of carbonyl (C=O) groups is 2. The topological polar surface area (TPSA) is 116 Å². The Morgan fingerprint density at radius 3 is 2.67 bits per heavy atom. The first-order valence-corrected chi connectivity index (χ1v) is 8.02. The Labute approximate surface area is 126 Å². The zero-order valence-electron chi connectivity index (χ0n) is 11.4. The molecule has 0 radical (unpaired) electrons. The Morgan fingerprint density at radius 2 is 2.19 bits per heavy atom. The lowest BCUT2D eigenvalue weighted by atomic mass is 10.2. The number of thiophene rings is 1. The van der Waals surface area contributed by atoms with Gasteiger partial charge in [0.2, 0.25) is 15.9 Å². The summed E-state index contributed by atoms with van der Waals surface area (Å²) >= 11 is 0.934. The molecule has 7 nitrogen and oxygen atoms in total. The first-order chi connectivity index (χ1) is 9.74. The molecule has 3 N–H and O–H groups in total. The maximum atomic E-state index is 12.4. The fourth-order valence-corrected chi connectivity index (χ4v) is 4.48. The van der Waals surface area contributed by atoms with Crippen molar-refractivity contribution in [2.75, 3.05) is 7.11 Å². The van der Waals surface area contributed by atoms with E-state index in [1.165, 1.54) is 12.3 Å². The summed E-state index contributed by atoms with van der Waals surface area (Å²) in [5.41, 5.74) is 5.45. The quantitative estimate of drug-likeness (QED) is 0.562. The van der Waals surface area contributed by atoms with E-state index in [9.17, 15) is 18.0 Å². The molecular weight excluding hydrogens is 316 g/mol. The molecule has 0 spiro atoms. The van der Waals surface area contributed by atoms with Crippen LogP contribution in [0.5, 0.6) is 0 Å². The van der Waals surface area contributed by atoms with E-state index in [4.69, 9.17) is 12.2 Å². The average Bonchev–Trinajstić information content (AvgIpc) is 2.79. The van der Waals surface area contributed by atoms with Gasteiger partial charge in [-0.05, 0) is 17.9 Å². The van der Waals surface area contributed by atoms with Crippen molar-refractivity contribution in [1.82, 2.24) is 4.72 Å². The van der Waals surface area contributed by atoms with E-state index in [0.29, 0.717) is 5.56 Å². The van der Waals surface area contributed by atoms with E-state index in [-0.39, 0.29) is 16.2 Å². The van der Waals surface area contributed by atoms with Crippen LogP contribution in [0.2, 0.25) is 0 Å². The number of rotatable bonds is 6. The molecule has 21 heavy (non-hydrogen) atoms. The highest BCUT2D eigenvalue weighted by atomic mass is 32.2. The highest BCUT2D eigenvalue weighted by molar-refractivity contribution is 7.89. The van der Waals surface area contributed by atoms with Crippen LogP contribution in [0.4, 0.5) is 0 Å². The van der Waals surface area contributed by atoms with Crippen molar-refractivity contribution < 1.29 is 22.7 Å². The Balaban J connectivity index is 3.26. The molecule has 1 aromatic rings. The van der Waals surface area contributed by atoms with Gasteiger partial charge in [0, 0.05) is 6.42 Å². The third-order valence-electron chi connectivity index (χ3n) is 2.52. The number of nitrogens with one attached hydrogen (secondary N) is 1. The number of primary amides is 1. The molecule has 1 rings (SSSR count). The predicted molar refractivity (Wildman–Crippen MR) is 77.1 cm³/mol. The number of esters is 1. The fraction of sp³-hybridized carbons (Fsp3) is 0.333. The van der Waals surface area contributed by atoms with Gasteiger partial charge < -0.3 is 10.5 Å². The van der Waals surface area contributed by atoms with Crippen molar-refractivity contribution in [2.24, 2.45) is 5.73 Å². The number of hydrogen-bond acceptors (Lipinski definition) is 6. The molecule has 1 amide bonds. The molecule has 1 atom stereocenters. The molecule has 0 aliphatic carbocycles. The number of aryl methyl sites for hydroxylation is 1. The Bertz CT molecular complexity index is 700. The molecule has 114 valence electrons. The first-order valence-electron chi connectivity index (χ1n) is 5.66. The minimum atomic E-state index is -4.14. The smallest absolute Gasteiger partial charge is 0.349 e. The first kappa shape index (κ1) is 17.2. The SMILES string of the molecule is C#CC[C@@H](NS(=O)(=O)c1c(C)csc1C(=O)OC)C(N)=O. The standard InChI is InChI=1S/C12H14N2O5S2/c1-4-5-8(11(13)15)14-21(17,18)10-7(2)6-20-9(10)12(16)19-3/h1,6,8,14H,5H2,2-3H3,(H2,13,15)/t8-/m1/s1. The number of sulfonamides is 1. The molecule has 0 bridgehead atoms. The summed E-state index contributed by atoms with van der Waals surface area (Å²) in [5, 5.41) is 1.50. The van der Waals surface area contributed by atoms with Crippen molar-refractivity contribution in [2.45, 2.75) is 24.3 Å². The van der Waals surface area contributed by atoms with Gasteiger partial charge in [0.15, 0.2) is 0 Å². The largest absolute Gasteiger partial charge is 0.465 e. The molecule has 0 aliphatic heterocycles. The van der Waals surface area contributed by atoms with Crippen molar-refractivity contribution in [3.63, 3.8) is 0 Å². The van der Waals surface area contributed by atoms with E-state index >= 15 is 0 Å². The van der Waals surface area contributed by atoms with Gasteiger partial charge >= 0.3 is 5.97 Å². The summed E-state index contributed by atoms with van der Waals surface area (Å²) in [6.07, 6.45) is 4.88. The maximum Gasteiger partial charge on any atom is 0.349 e. The van der Waals surface area contributed by atoms with Crippen LogP contribution in [0.15, 0.2) is 10.3 Å². The fourth-order valence-electron chi connectivity index (χ4n) is 1.57. The summed E-state index contributed by atoms with van der Waals surface area (Å²) in [7, 11) is -2.99. The van der Waals surface area contributed by atoms with Gasteiger partial charge in [-0.1, -0.05) is 0 Å². The van der Waals surface area contributed by atoms with Gasteiger partial charge in [-0.3, -0.25) is 4.79 Å². The van der Waals surface area contributed by atoms with Crippen LogP contribution in [0.25, 0.3) is 0 Å². The van der Waals surface area contributed by atoms with Gasteiger partial charge in [-0.25, -0.2) is 13.2 Å². The van der Waals surface area contributed by atoms with Crippen molar-refractivity contribution in [3.05, 3.63) is 15.8 Å². The van der Waals surface area contributed by atoms with Crippen LogP contribution in [0.1, 0.15) is 21.7 Å². The van der Waals surface area contributed by atoms with E-state index in [0.717, 1.165) is 18.4 Å². The summed E-state index contributed by atoms with van der Waals surface area (Å²) in [6.45, 7) is 1.53. The molecule has 0 unspecified atom stereocenters. The van der Waals surface area contributed by atoms with Crippen LogP contribution in [0.3, 0.4) is 0 Å². The van der Waals surface area contributed by atoms with Crippen molar-refractivity contribution >= 4 is 33.2 Å². The van der Waals surface area contributed by atoms with Crippen LogP contribution in [-0.2, 0) is 19.6 Å². The molecule has 1 heterocycles. The van der Waals surface area contributed by atoms with Crippen LogP contribution in [-0.4, -0.2) is 33.4 Å². The number of terminal acetylenes is 1. The number of carbonyl (C=O) groups excluding carboxylic acids is 2. The lowest BCUT2D eigenvalue weighted by Gasteiger charge is -2.14. The van der Waals surface area contributed by atoms with Crippen LogP contribution in [0, 0.1) is 19.3 Å². The lowest BCUT2D eigenvalue weighted by molar-refractivity contribution is -0.119. The number of methoxy groups -OCH3 is 1. The highest BCUT2D eigenvalue weighted by Crippen LogP contribution is 2.27. The lowest BCUT2D eigenvalue weighted by Crippen LogP contribution is -2.44. The number of amides is 1. The second kappa shape index (κ2) is 6.71. The molecule has 0 saturated heterocycles. The van der Waals surface area contributed by atoms with Gasteiger partial charge in [-0.15, -0.1) is 23.7 Å². The van der Waals surface area contributed by atoms with Gasteiger partial charge in [0.25, 0.3) is 0 Å². The Hall–Kier alpha value is -1.89. The number of hydrogen-bond donors (Lipinski definition) is 2. The van der Waals surface area contributed by atoms with Crippen molar-refractivity contribution in [3.8, 4) is 12.3 Å². The van der Waals surface area contributed by atoms with Crippen LogP contribution >= 0.6 is 11.3 Å². The summed E-state index contributed by atoms with van der Waals surface area (Å²) < 4.78 is 31.4. The molecule has 0 fully saturated rings. The van der Waals surface area contributed by atoms with E-state index < -0.39 is 27.9 Å². The van der Waals surface area contributed by atoms with Crippen LogP contribution < -0.4 is 10.5 Å². The molecular formula is C12H14N2O5S2. The summed E-state index contributed by atoms with van der Waals surface area (Å²) in [6, 6.07) is -1.25. The zero-order valence-corrected chi connectivity index (χ0v) is 13.0. The second-order valence-corrected chi connectivity index (χ2v) is 6.58. The molecule has 0 aliphatic rings. The minimum absolute atomic E-state index is 0.0774. The molecule has 0 aromatic carbocycles. The third-order valence-corrected chi connectivity index (χ3v) is 5.39. The van der Waals surface area contributed by atoms with E-state index in [1.807, 2.05) is 0 Å². The van der Waals surface area contributed by atoms with E-state index in [1.54, 1.807) is 0 Å². The highest BCUT2D eigenvalue weighted by Gasteiger charge is 2.30. The maximum absolute atomic E-state index is 12.4. The number of nitrogens with two attached hydrogens (primary N) is 1. The van der Waals surface area contributed by atoms with Gasteiger partial charge in [-0.2, -0.15) is 4.72 Å². The van der Waals surface area contributed by atoms with E-state index in [2.05, 4.69) is 15.4 Å². The number of ether oxygens (including phenoxy) is 1. The summed E-state index contributed by atoms with van der Waals surface area (Å²) in [4.78, 5) is 22.5. The predicted octanol–water partition coefficient (Wildman–Crippen LogP) is -0.00138. The van der Waals surface area contributed by atoms with Crippen molar-refractivity contribution in [1.29, 1.82) is 0 Å². The molecule has 1 aromatic heterocycles. The van der Waals surface area contributed by atoms with Gasteiger partial charge in [0.05, 0.1) is 7.11 Å². The molecule has 9 heteroatoms. The minimum Gasteiger partial charge on any atom is -0.465 e. The Kier molecular flexibility index (Phi) is 5.48. The molecule has 0 saturated carbocycles. The normalized spacial score (nSPS) is 12.4. The zero-order chi connectivity index (χ0) is 16.2. The summed E-state index contributed by atoms with van der Waals surface area (Å²) in [5.74, 6) is 0.488. The van der Waals surface area contributed by atoms with Gasteiger partial charge in [0.1, 0.15) is 15.8 Å². The third kappa shape index (κ3) is 3.81.